The summed E-state index contributed by atoms with van der Waals surface area (Å²) in [6.07, 6.45) is 18.4. The number of ether oxygens (including phenoxy) is 2. The molecule has 6 N–H and O–H groups in total. The van der Waals surface area contributed by atoms with E-state index in [0.717, 1.165) is 25.7 Å². The van der Waals surface area contributed by atoms with Crippen molar-refractivity contribution in [3.05, 3.63) is 0 Å². The lowest BCUT2D eigenvalue weighted by atomic mass is 9.99. The molecule has 0 saturated carbocycles. The number of rotatable bonds is 29. The van der Waals surface area contributed by atoms with Crippen molar-refractivity contribution >= 4 is 5.78 Å². The van der Waals surface area contributed by atoms with E-state index < -0.39 is 49.5 Å². The van der Waals surface area contributed by atoms with Gasteiger partial charge < -0.3 is 40.1 Å². The first-order valence-corrected chi connectivity index (χ1v) is 17.6. The van der Waals surface area contributed by atoms with Crippen LogP contribution in [0.2, 0.25) is 0 Å². The summed E-state index contributed by atoms with van der Waals surface area (Å²) < 4.78 is 10.8. The maximum atomic E-state index is 11.6. The van der Waals surface area contributed by atoms with E-state index in [0.29, 0.717) is 25.7 Å². The van der Waals surface area contributed by atoms with Crippen LogP contribution in [0.5, 0.6) is 0 Å². The first kappa shape index (κ1) is 40.4. The number of Topliss-reactive ketones (excluding diaryl/α,β-unsaturated/α-hetero) is 1. The van der Waals surface area contributed by atoms with Crippen LogP contribution in [0.4, 0.5) is 0 Å². The molecule has 0 amide bonds. The highest BCUT2D eigenvalue weighted by atomic mass is 16.7. The molecule has 0 aromatic carbocycles. The van der Waals surface area contributed by atoms with Gasteiger partial charge in [-0.3, -0.25) is 4.79 Å². The molecule has 7 atom stereocenters. The van der Waals surface area contributed by atoms with Gasteiger partial charge >= 0.3 is 0 Å². The molecule has 1 rings (SSSR count). The smallest absolute Gasteiger partial charge is 0.186 e. The first-order chi connectivity index (χ1) is 20.8. The van der Waals surface area contributed by atoms with Crippen LogP contribution in [0, 0.1) is 0 Å². The van der Waals surface area contributed by atoms with Crippen molar-refractivity contribution in [1.29, 1.82) is 0 Å². The summed E-state index contributed by atoms with van der Waals surface area (Å²) in [6.45, 7) is 1.34. The molecule has 1 aliphatic rings. The van der Waals surface area contributed by atoms with Crippen LogP contribution in [0.15, 0.2) is 0 Å². The van der Waals surface area contributed by atoms with Gasteiger partial charge in [-0.05, 0) is 26.2 Å². The minimum Gasteiger partial charge on any atom is -0.394 e. The minimum absolute atomic E-state index is 0.156. The van der Waals surface area contributed by atoms with Crippen LogP contribution >= 0.6 is 0 Å². The molecule has 0 aromatic rings. The van der Waals surface area contributed by atoms with Gasteiger partial charge in [0, 0.05) is 12.8 Å². The van der Waals surface area contributed by atoms with Gasteiger partial charge in [0.25, 0.3) is 0 Å². The van der Waals surface area contributed by atoms with E-state index in [9.17, 15) is 35.4 Å². The Morgan fingerprint density at radius 2 is 1.09 bits per heavy atom. The quantitative estimate of drug-likeness (QED) is 0.0629. The first-order valence-electron chi connectivity index (χ1n) is 17.6. The molecule has 9 nitrogen and oxygen atoms in total. The van der Waals surface area contributed by atoms with Gasteiger partial charge in [-0.25, -0.2) is 0 Å². The van der Waals surface area contributed by atoms with Gasteiger partial charge in [-0.15, -0.1) is 0 Å². The SMILES string of the molecule is CC(O)CC(=O)CCCCCCCCCCCCCCCCCCCCCC(O)CCO[C@@H]1O[C@H](CO)[C@@H](O)[C@H](O)[C@H]1O. The number of ketones is 1. The molecule has 0 spiro atoms. The summed E-state index contributed by atoms with van der Waals surface area (Å²) in [7, 11) is 0. The molecule has 43 heavy (non-hydrogen) atoms. The van der Waals surface area contributed by atoms with Crippen LogP contribution in [0.1, 0.15) is 155 Å². The third kappa shape index (κ3) is 20.9. The Labute approximate surface area is 261 Å². The number of unbranched alkanes of at least 4 members (excludes halogenated alkanes) is 18. The maximum Gasteiger partial charge on any atom is 0.186 e. The summed E-state index contributed by atoms with van der Waals surface area (Å²) in [5.74, 6) is 0.192. The zero-order valence-corrected chi connectivity index (χ0v) is 27.1. The molecule has 1 saturated heterocycles. The summed E-state index contributed by atoms with van der Waals surface area (Å²) in [4.78, 5) is 11.6. The molecule has 0 aromatic heterocycles. The third-order valence-corrected chi connectivity index (χ3v) is 8.60. The molecule has 1 heterocycles. The number of hydrogen-bond acceptors (Lipinski definition) is 9. The largest absolute Gasteiger partial charge is 0.394 e. The monoisotopic (exact) mass is 618 g/mol. The highest BCUT2D eigenvalue weighted by Crippen LogP contribution is 2.22. The molecular formula is C34H66O9. The third-order valence-electron chi connectivity index (χ3n) is 8.60. The lowest BCUT2D eigenvalue weighted by molar-refractivity contribution is -0.301. The van der Waals surface area contributed by atoms with Gasteiger partial charge in [0.2, 0.25) is 0 Å². The average molecular weight is 619 g/mol. The Hall–Kier alpha value is -0.650. The van der Waals surface area contributed by atoms with E-state index in [4.69, 9.17) is 9.47 Å². The van der Waals surface area contributed by atoms with Gasteiger partial charge in [0.05, 0.1) is 25.4 Å². The summed E-state index contributed by atoms with van der Waals surface area (Å²) in [6, 6.07) is 0. The highest BCUT2D eigenvalue weighted by molar-refractivity contribution is 5.78. The van der Waals surface area contributed by atoms with Gasteiger partial charge in [-0.1, -0.05) is 116 Å². The van der Waals surface area contributed by atoms with E-state index in [1.54, 1.807) is 6.92 Å². The lowest BCUT2D eigenvalue weighted by Crippen LogP contribution is -2.59. The standard InChI is InChI=1S/C34H66O9/c1-27(36)25-29(38)22-20-18-16-14-12-10-8-6-4-2-3-5-7-9-11-13-15-17-19-21-28(37)23-24-42-34-33(41)32(40)31(39)30(26-35)43-34/h27-28,30-37,39-41H,2-26H2,1H3/t27?,28?,30-,31-,32+,33-,34-/m1/s1. The minimum atomic E-state index is -1.45. The van der Waals surface area contributed by atoms with E-state index in [1.807, 2.05) is 0 Å². The fraction of sp³-hybridized carbons (Fsp3) is 0.971. The van der Waals surface area contributed by atoms with Crippen molar-refractivity contribution in [2.45, 2.75) is 198 Å². The van der Waals surface area contributed by atoms with Crippen LogP contribution in [-0.4, -0.2) is 92.5 Å². The van der Waals surface area contributed by atoms with E-state index >= 15 is 0 Å². The van der Waals surface area contributed by atoms with Crippen molar-refractivity contribution in [2.75, 3.05) is 13.2 Å². The Kier molecular flexibility index (Phi) is 24.9. The molecule has 0 radical (unpaired) electrons. The van der Waals surface area contributed by atoms with Crippen molar-refractivity contribution in [1.82, 2.24) is 0 Å². The highest BCUT2D eigenvalue weighted by Gasteiger charge is 2.43. The summed E-state index contributed by atoms with van der Waals surface area (Å²) in [5, 5.41) is 58.2. The predicted molar refractivity (Wildman–Crippen MR) is 169 cm³/mol. The molecule has 0 aliphatic carbocycles. The van der Waals surface area contributed by atoms with Crippen molar-refractivity contribution < 1.29 is 44.9 Å². The Bertz CT molecular complexity index is 645. The second kappa shape index (κ2) is 26.6. The molecular weight excluding hydrogens is 552 g/mol. The van der Waals surface area contributed by atoms with Crippen molar-refractivity contribution in [3.63, 3.8) is 0 Å². The van der Waals surface area contributed by atoms with E-state index in [-0.39, 0.29) is 12.4 Å². The van der Waals surface area contributed by atoms with Crippen LogP contribution in [-0.2, 0) is 14.3 Å². The zero-order valence-electron chi connectivity index (χ0n) is 27.1. The van der Waals surface area contributed by atoms with Crippen LogP contribution in [0.3, 0.4) is 0 Å². The van der Waals surface area contributed by atoms with Crippen LogP contribution < -0.4 is 0 Å². The summed E-state index contributed by atoms with van der Waals surface area (Å²) >= 11 is 0. The Morgan fingerprint density at radius 1 is 0.651 bits per heavy atom. The average Bonchev–Trinajstić information content (AvgIpc) is 2.97. The molecule has 1 fully saturated rings. The molecule has 1 aliphatic heterocycles. The molecule has 9 heteroatoms. The molecule has 0 bridgehead atoms. The van der Waals surface area contributed by atoms with Gasteiger partial charge in [-0.2, -0.15) is 0 Å². The maximum absolute atomic E-state index is 11.6. The molecule has 2 unspecified atom stereocenters. The second-order valence-electron chi connectivity index (χ2n) is 12.9. The second-order valence-corrected chi connectivity index (χ2v) is 12.9. The van der Waals surface area contributed by atoms with E-state index in [2.05, 4.69) is 0 Å². The number of aliphatic hydroxyl groups is 6. The van der Waals surface area contributed by atoms with Crippen molar-refractivity contribution in [3.8, 4) is 0 Å². The number of hydrogen-bond donors (Lipinski definition) is 6. The summed E-state index contributed by atoms with van der Waals surface area (Å²) in [5.41, 5.74) is 0. The number of carbonyl (C=O) groups is 1. The van der Waals surface area contributed by atoms with E-state index in [1.165, 1.54) is 96.3 Å². The number of aliphatic hydroxyl groups excluding tert-OH is 6. The fourth-order valence-corrected chi connectivity index (χ4v) is 5.81. The number of carbonyl (C=O) groups excluding carboxylic acids is 1. The fourth-order valence-electron chi connectivity index (χ4n) is 5.81. The lowest BCUT2D eigenvalue weighted by Gasteiger charge is -2.39. The van der Waals surface area contributed by atoms with Crippen LogP contribution in [0.25, 0.3) is 0 Å². The normalized spacial score (nSPS) is 23.8. The topological polar surface area (TPSA) is 157 Å². The zero-order chi connectivity index (χ0) is 31.7. The van der Waals surface area contributed by atoms with Crippen molar-refractivity contribution in [2.24, 2.45) is 0 Å². The predicted octanol–water partition coefficient (Wildman–Crippen LogP) is 5.09. The molecule has 256 valence electrons. The van der Waals surface area contributed by atoms with Gasteiger partial charge in [0.15, 0.2) is 6.29 Å². The Balaban J connectivity index is 1.79. The van der Waals surface area contributed by atoms with Gasteiger partial charge in [0.1, 0.15) is 30.2 Å². The Morgan fingerprint density at radius 3 is 1.53 bits per heavy atom.